The lowest BCUT2D eigenvalue weighted by molar-refractivity contribution is 0.559. The first kappa shape index (κ1) is 9.74. The molecule has 0 amide bonds. The van der Waals surface area contributed by atoms with E-state index in [1.54, 1.807) is 0 Å². The van der Waals surface area contributed by atoms with Crippen LogP contribution in [-0.2, 0) is 0 Å². The molecule has 0 radical (unpaired) electrons. The second-order valence-corrected chi connectivity index (χ2v) is 3.97. The number of halogens is 1. The summed E-state index contributed by atoms with van der Waals surface area (Å²) in [6.07, 6.45) is 0. The Morgan fingerprint density at radius 3 is 2.42 bits per heavy atom. The van der Waals surface area contributed by atoms with E-state index in [1.165, 1.54) is 0 Å². The molecule has 12 heavy (non-hydrogen) atoms. The van der Waals surface area contributed by atoms with Crippen molar-refractivity contribution in [2.24, 2.45) is 5.92 Å². The van der Waals surface area contributed by atoms with E-state index in [2.05, 4.69) is 34.8 Å². The Bertz CT molecular complexity index is 249. The predicted molar refractivity (Wildman–Crippen MR) is 52.8 cm³/mol. The van der Waals surface area contributed by atoms with Crippen molar-refractivity contribution < 1.29 is 0 Å². The van der Waals surface area contributed by atoms with Gasteiger partial charge in [0, 0.05) is 6.04 Å². The maximum atomic E-state index is 5.76. The lowest BCUT2D eigenvalue weighted by Crippen LogP contribution is -2.21. The molecule has 0 aromatic carbocycles. The van der Waals surface area contributed by atoms with Gasteiger partial charge in [-0.05, 0) is 12.8 Å². The zero-order valence-electron chi connectivity index (χ0n) is 7.34. The molecule has 0 bridgehead atoms. The third kappa shape index (κ3) is 2.32. The number of nitrogens with zero attached hydrogens (tertiary/aromatic N) is 2. The maximum absolute atomic E-state index is 5.76. The normalized spacial score (nSPS) is 13.4. The van der Waals surface area contributed by atoms with Crippen LogP contribution in [0, 0.1) is 5.92 Å². The predicted octanol–water partition coefficient (Wildman–Crippen LogP) is 2.65. The van der Waals surface area contributed by atoms with Crippen molar-refractivity contribution >= 4 is 29.1 Å². The van der Waals surface area contributed by atoms with Crippen LogP contribution in [0.3, 0.4) is 0 Å². The highest BCUT2D eigenvalue weighted by molar-refractivity contribution is 6.99. The van der Waals surface area contributed by atoms with Crippen molar-refractivity contribution in [2.45, 2.75) is 26.8 Å². The molecule has 0 saturated carbocycles. The molecular weight excluding hydrogens is 194 g/mol. The molecule has 3 nitrogen and oxygen atoms in total. The average Bonchev–Trinajstić information content (AvgIpc) is 2.36. The van der Waals surface area contributed by atoms with Crippen LogP contribution in [0.4, 0.5) is 5.82 Å². The van der Waals surface area contributed by atoms with Gasteiger partial charge in [0.1, 0.15) is 0 Å². The number of anilines is 1. The lowest BCUT2D eigenvalue weighted by atomic mass is 10.1. The van der Waals surface area contributed by atoms with E-state index in [-0.39, 0.29) is 0 Å². The zero-order valence-corrected chi connectivity index (χ0v) is 8.91. The van der Waals surface area contributed by atoms with Crippen LogP contribution in [0.15, 0.2) is 0 Å². The first-order chi connectivity index (χ1) is 5.61. The van der Waals surface area contributed by atoms with E-state index in [4.69, 9.17) is 11.6 Å². The van der Waals surface area contributed by atoms with Crippen LogP contribution in [-0.4, -0.2) is 14.8 Å². The summed E-state index contributed by atoms with van der Waals surface area (Å²) in [5.41, 5.74) is 0. The van der Waals surface area contributed by atoms with Crippen LogP contribution in [0.1, 0.15) is 20.8 Å². The monoisotopic (exact) mass is 205 g/mol. The quantitative estimate of drug-likeness (QED) is 0.825. The summed E-state index contributed by atoms with van der Waals surface area (Å²) in [5, 5.41) is 3.66. The number of rotatable bonds is 3. The van der Waals surface area contributed by atoms with Gasteiger partial charge in [0.2, 0.25) is 0 Å². The summed E-state index contributed by atoms with van der Waals surface area (Å²) in [6.45, 7) is 6.39. The molecule has 0 saturated heterocycles. The first-order valence-corrected chi connectivity index (χ1v) is 4.96. The van der Waals surface area contributed by atoms with E-state index in [9.17, 15) is 0 Å². The fraction of sp³-hybridized carbons (Fsp3) is 0.714. The molecule has 1 aromatic rings. The molecule has 1 aromatic heterocycles. The van der Waals surface area contributed by atoms with Gasteiger partial charge in [0.05, 0.1) is 11.7 Å². The van der Waals surface area contributed by atoms with E-state index in [1.807, 2.05) is 0 Å². The van der Waals surface area contributed by atoms with Crippen molar-refractivity contribution in [3.05, 3.63) is 5.15 Å². The van der Waals surface area contributed by atoms with Gasteiger partial charge in [-0.15, -0.1) is 0 Å². The van der Waals surface area contributed by atoms with E-state index in [0.29, 0.717) is 22.9 Å². The van der Waals surface area contributed by atoms with Gasteiger partial charge in [0.25, 0.3) is 0 Å². The highest BCUT2D eigenvalue weighted by Gasteiger charge is 2.11. The highest BCUT2D eigenvalue weighted by Crippen LogP contribution is 2.19. The summed E-state index contributed by atoms with van der Waals surface area (Å²) >= 11 is 6.89. The molecule has 0 unspecified atom stereocenters. The molecule has 68 valence electrons. The summed E-state index contributed by atoms with van der Waals surface area (Å²) in [5.74, 6) is 1.26. The number of aromatic nitrogens is 2. The van der Waals surface area contributed by atoms with Crippen LogP contribution in [0.25, 0.3) is 0 Å². The summed E-state index contributed by atoms with van der Waals surface area (Å²) in [6, 6.07) is 0.367. The number of hydrogen-bond donors (Lipinski definition) is 1. The van der Waals surface area contributed by atoms with Gasteiger partial charge in [-0.1, -0.05) is 25.4 Å². The van der Waals surface area contributed by atoms with Gasteiger partial charge >= 0.3 is 0 Å². The molecule has 1 rings (SSSR count). The molecule has 0 aliphatic carbocycles. The summed E-state index contributed by atoms with van der Waals surface area (Å²) in [7, 11) is 0. The molecule has 0 fully saturated rings. The van der Waals surface area contributed by atoms with Crippen LogP contribution in [0.5, 0.6) is 0 Å². The minimum atomic E-state index is 0.367. The van der Waals surface area contributed by atoms with Gasteiger partial charge in [-0.2, -0.15) is 8.75 Å². The Morgan fingerprint density at radius 1 is 1.33 bits per heavy atom. The third-order valence-corrected chi connectivity index (χ3v) is 2.71. The smallest absolute Gasteiger partial charge is 0.186 e. The zero-order chi connectivity index (χ0) is 9.14. The first-order valence-electron chi connectivity index (χ1n) is 3.86. The molecule has 0 spiro atoms. The second-order valence-electron chi connectivity index (χ2n) is 3.08. The van der Waals surface area contributed by atoms with Gasteiger partial charge in [-0.25, -0.2) is 0 Å². The maximum Gasteiger partial charge on any atom is 0.186 e. The van der Waals surface area contributed by atoms with Gasteiger partial charge in [-0.3, -0.25) is 0 Å². The summed E-state index contributed by atoms with van der Waals surface area (Å²) < 4.78 is 7.89. The van der Waals surface area contributed by atoms with Crippen LogP contribution >= 0.6 is 23.3 Å². The minimum absolute atomic E-state index is 0.367. The molecule has 5 heteroatoms. The van der Waals surface area contributed by atoms with Crippen molar-refractivity contribution in [1.29, 1.82) is 0 Å². The minimum Gasteiger partial charge on any atom is -0.364 e. The van der Waals surface area contributed by atoms with Gasteiger partial charge < -0.3 is 5.32 Å². The van der Waals surface area contributed by atoms with E-state index >= 15 is 0 Å². The topological polar surface area (TPSA) is 37.8 Å². The summed E-state index contributed by atoms with van der Waals surface area (Å²) in [4.78, 5) is 0. The largest absolute Gasteiger partial charge is 0.364 e. The molecule has 1 heterocycles. The Hall–Kier alpha value is -0.350. The standard InChI is InChI=1S/C7H12ClN3S/c1-4(2)5(3)9-7-6(8)10-12-11-7/h4-5H,1-3H3,(H,9,11)/t5-/m1/s1. The molecule has 1 atom stereocenters. The van der Waals surface area contributed by atoms with Crippen molar-refractivity contribution in [1.82, 2.24) is 8.75 Å². The lowest BCUT2D eigenvalue weighted by Gasteiger charge is -2.16. The van der Waals surface area contributed by atoms with Crippen molar-refractivity contribution in [3.63, 3.8) is 0 Å². The number of hydrogen-bond acceptors (Lipinski definition) is 4. The van der Waals surface area contributed by atoms with E-state index < -0.39 is 0 Å². The molecular formula is C7H12ClN3S. The fourth-order valence-electron chi connectivity index (χ4n) is 0.646. The molecule has 0 aliphatic rings. The van der Waals surface area contributed by atoms with Crippen molar-refractivity contribution in [2.75, 3.05) is 5.32 Å². The Labute approximate surface area is 81.5 Å². The molecule has 1 N–H and O–H groups in total. The van der Waals surface area contributed by atoms with Crippen LogP contribution < -0.4 is 5.32 Å². The fourth-order valence-corrected chi connectivity index (χ4v) is 1.31. The SMILES string of the molecule is CC(C)[C@@H](C)Nc1nsnc1Cl. The third-order valence-electron chi connectivity index (χ3n) is 1.81. The second kappa shape index (κ2) is 4.05. The average molecular weight is 206 g/mol. The van der Waals surface area contributed by atoms with Crippen LogP contribution in [0.2, 0.25) is 5.15 Å². The van der Waals surface area contributed by atoms with Crippen molar-refractivity contribution in [3.8, 4) is 0 Å². The Kier molecular flexibility index (Phi) is 3.29. The van der Waals surface area contributed by atoms with Gasteiger partial charge in [0.15, 0.2) is 11.0 Å². The van der Waals surface area contributed by atoms with E-state index in [0.717, 1.165) is 11.7 Å². The molecule has 0 aliphatic heterocycles. The highest BCUT2D eigenvalue weighted by atomic mass is 35.5. The Morgan fingerprint density at radius 2 is 2.00 bits per heavy atom. The number of nitrogens with one attached hydrogen (secondary N) is 1. The Balaban J connectivity index is 2.58.